The van der Waals surface area contributed by atoms with E-state index in [1.807, 2.05) is 33.6 Å². The monoisotopic (exact) mass is 962 g/mol. The van der Waals surface area contributed by atoms with E-state index in [0.29, 0.717) is 86.0 Å². The lowest BCUT2D eigenvalue weighted by molar-refractivity contribution is -0.0513. The molecule has 10 rings (SSSR count). The van der Waals surface area contributed by atoms with Gasteiger partial charge in [-0.15, -0.1) is 0 Å². The molecule has 364 valence electrons. The molecular weight excluding hydrogens is 913 g/mol. The zero-order valence-corrected chi connectivity index (χ0v) is 38.3. The first-order chi connectivity index (χ1) is 34.1. The maximum atomic E-state index is 13.0. The third kappa shape index (κ3) is 9.95. The van der Waals surface area contributed by atoms with Crippen LogP contribution in [0.25, 0.3) is 44.1 Å². The summed E-state index contributed by atoms with van der Waals surface area (Å²) in [5.74, 6) is 1.30. The number of rotatable bonds is 18. The SMILES string of the molecule is COCCCNc1ncc(-c2ccc3c(=O)n4n(c3c2)C(c2ccccc2OC(F)F)CC4)cn1.COCCCNc1ncc(-c2ccc3c(=O)n4n(c3c2)[C@H](c2ccccc2OC(F)F)CC4)cn1. The summed E-state index contributed by atoms with van der Waals surface area (Å²) in [7, 11) is 3.32. The Bertz CT molecular complexity index is 2980. The highest BCUT2D eigenvalue weighted by Crippen LogP contribution is 2.39. The van der Waals surface area contributed by atoms with Crippen molar-refractivity contribution in [3.8, 4) is 33.8 Å². The summed E-state index contributed by atoms with van der Waals surface area (Å²) in [6.45, 7) is -2.14. The molecule has 8 aromatic rings. The molecule has 4 aromatic heterocycles. The quantitative estimate of drug-likeness (QED) is 0.0622. The van der Waals surface area contributed by atoms with Crippen LogP contribution in [0.1, 0.15) is 48.9 Å². The summed E-state index contributed by atoms with van der Waals surface area (Å²) in [5.41, 5.74) is 5.80. The number of alkyl halides is 4. The Hall–Kier alpha value is -7.58. The Morgan fingerprint density at radius 2 is 0.971 bits per heavy atom. The summed E-state index contributed by atoms with van der Waals surface area (Å²) in [5, 5.41) is 7.45. The summed E-state index contributed by atoms with van der Waals surface area (Å²) in [6.07, 6.45) is 9.82. The van der Waals surface area contributed by atoms with E-state index in [-0.39, 0.29) is 34.7 Å². The molecule has 2 atom stereocenters. The van der Waals surface area contributed by atoms with E-state index >= 15 is 0 Å². The molecule has 0 radical (unpaired) electrons. The van der Waals surface area contributed by atoms with Gasteiger partial charge in [0.05, 0.1) is 33.9 Å². The highest BCUT2D eigenvalue weighted by Gasteiger charge is 2.32. The summed E-state index contributed by atoms with van der Waals surface area (Å²) in [6, 6.07) is 24.0. The van der Waals surface area contributed by atoms with Crippen molar-refractivity contribution < 1.29 is 36.5 Å². The number of nitrogens with one attached hydrogen (secondary N) is 2. The van der Waals surface area contributed by atoms with Crippen LogP contribution in [0.2, 0.25) is 0 Å². The first-order valence-corrected chi connectivity index (χ1v) is 22.8. The van der Waals surface area contributed by atoms with E-state index in [1.54, 1.807) is 96.9 Å². The number of benzene rings is 4. The second kappa shape index (κ2) is 21.4. The second-order valence-electron chi connectivity index (χ2n) is 16.6. The fraction of sp³-hybridized carbons (Fsp3) is 0.320. The first-order valence-electron chi connectivity index (χ1n) is 22.8. The molecule has 2 aliphatic rings. The number of para-hydroxylation sites is 2. The first kappa shape index (κ1) is 47.5. The number of anilines is 2. The van der Waals surface area contributed by atoms with Crippen molar-refractivity contribution >= 4 is 33.7 Å². The van der Waals surface area contributed by atoms with E-state index in [4.69, 9.17) is 18.9 Å². The third-order valence-electron chi connectivity index (χ3n) is 12.3. The molecule has 0 amide bonds. The largest absolute Gasteiger partial charge is 0.434 e. The molecule has 1 unspecified atom stereocenters. The van der Waals surface area contributed by atoms with Crippen LogP contribution in [-0.2, 0) is 22.6 Å². The smallest absolute Gasteiger partial charge is 0.387 e. The Labute approximate surface area is 398 Å². The molecule has 0 aliphatic carbocycles. The van der Waals surface area contributed by atoms with Crippen molar-refractivity contribution in [2.75, 3.05) is 51.2 Å². The second-order valence-corrected chi connectivity index (χ2v) is 16.6. The summed E-state index contributed by atoms with van der Waals surface area (Å²) < 4.78 is 78.8. The van der Waals surface area contributed by atoms with Gasteiger partial charge in [0.1, 0.15) is 11.5 Å². The molecule has 16 nitrogen and oxygen atoms in total. The fourth-order valence-electron chi connectivity index (χ4n) is 9.18. The van der Waals surface area contributed by atoms with Gasteiger partial charge in [0.15, 0.2) is 0 Å². The summed E-state index contributed by atoms with van der Waals surface area (Å²) >= 11 is 0. The molecule has 0 saturated heterocycles. The van der Waals surface area contributed by atoms with Gasteiger partial charge < -0.3 is 29.6 Å². The van der Waals surface area contributed by atoms with E-state index in [1.165, 1.54) is 12.1 Å². The number of hydrogen-bond donors (Lipinski definition) is 2. The van der Waals surface area contributed by atoms with Gasteiger partial charge >= 0.3 is 13.2 Å². The maximum Gasteiger partial charge on any atom is 0.387 e. The van der Waals surface area contributed by atoms with Gasteiger partial charge in [0, 0.05) is 101 Å². The van der Waals surface area contributed by atoms with E-state index in [9.17, 15) is 27.2 Å². The predicted molar refractivity (Wildman–Crippen MR) is 256 cm³/mol. The van der Waals surface area contributed by atoms with Crippen LogP contribution in [-0.4, -0.2) is 92.4 Å². The van der Waals surface area contributed by atoms with Crippen molar-refractivity contribution in [2.45, 2.75) is 64.1 Å². The Balaban J connectivity index is 0.000000174. The van der Waals surface area contributed by atoms with Gasteiger partial charge in [0.25, 0.3) is 11.1 Å². The lowest BCUT2D eigenvalue weighted by Crippen LogP contribution is -2.18. The highest BCUT2D eigenvalue weighted by atomic mass is 19.3. The molecule has 0 fully saturated rings. The van der Waals surface area contributed by atoms with E-state index < -0.39 is 13.2 Å². The normalized spacial score (nSPS) is 15.0. The molecule has 0 bridgehead atoms. The van der Waals surface area contributed by atoms with Crippen LogP contribution in [0.4, 0.5) is 29.5 Å². The van der Waals surface area contributed by atoms with Gasteiger partial charge in [-0.25, -0.2) is 29.3 Å². The van der Waals surface area contributed by atoms with Gasteiger partial charge in [0.2, 0.25) is 11.9 Å². The third-order valence-corrected chi connectivity index (χ3v) is 12.3. The molecule has 2 N–H and O–H groups in total. The number of methoxy groups -OCH3 is 2. The van der Waals surface area contributed by atoms with Gasteiger partial charge in [-0.1, -0.05) is 48.5 Å². The minimum atomic E-state index is -2.93. The Morgan fingerprint density at radius 3 is 1.36 bits per heavy atom. The molecule has 70 heavy (non-hydrogen) atoms. The Morgan fingerprint density at radius 1 is 0.571 bits per heavy atom. The van der Waals surface area contributed by atoms with Crippen LogP contribution in [0.15, 0.2) is 119 Å². The van der Waals surface area contributed by atoms with Crippen LogP contribution in [0, 0.1) is 0 Å². The van der Waals surface area contributed by atoms with Crippen molar-refractivity contribution in [3.05, 3.63) is 142 Å². The van der Waals surface area contributed by atoms with Crippen molar-refractivity contribution in [2.24, 2.45) is 0 Å². The number of aromatic nitrogens is 8. The average Bonchev–Trinajstić information content (AvgIpc) is 4.14. The van der Waals surface area contributed by atoms with E-state index in [0.717, 1.165) is 46.1 Å². The molecule has 20 heteroatoms. The highest BCUT2D eigenvalue weighted by molar-refractivity contribution is 5.86. The Kier molecular flexibility index (Phi) is 14.5. The number of halogens is 4. The fourth-order valence-corrected chi connectivity index (χ4v) is 9.18. The number of hydrogen-bond acceptors (Lipinski definition) is 12. The molecule has 0 saturated carbocycles. The maximum absolute atomic E-state index is 13.0. The molecule has 4 aromatic carbocycles. The topological polar surface area (TPSA) is 166 Å². The van der Waals surface area contributed by atoms with Crippen molar-refractivity contribution in [1.82, 2.24) is 38.7 Å². The zero-order chi connectivity index (χ0) is 48.7. The van der Waals surface area contributed by atoms with Crippen LogP contribution in [0.3, 0.4) is 0 Å². The molecule has 2 aliphatic heterocycles. The average molecular weight is 963 g/mol. The van der Waals surface area contributed by atoms with Crippen molar-refractivity contribution in [1.29, 1.82) is 0 Å². The lowest BCUT2D eigenvalue weighted by Gasteiger charge is -2.18. The van der Waals surface area contributed by atoms with Gasteiger partial charge in [-0.05, 0) is 73.2 Å². The van der Waals surface area contributed by atoms with Crippen LogP contribution in [0.5, 0.6) is 11.5 Å². The number of ether oxygens (including phenoxy) is 4. The zero-order valence-electron chi connectivity index (χ0n) is 38.3. The van der Waals surface area contributed by atoms with Gasteiger partial charge in [-0.3, -0.25) is 19.0 Å². The number of nitrogens with zero attached hydrogens (tertiary/aromatic N) is 8. The minimum Gasteiger partial charge on any atom is -0.434 e. The molecule has 0 spiro atoms. The minimum absolute atomic E-state index is 0.104. The van der Waals surface area contributed by atoms with Gasteiger partial charge in [-0.2, -0.15) is 17.6 Å². The predicted octanol–water partition coefficient (Wildman–Crippen LogP) is 8.61. The summed E-state index contributed by atoms with van der Waals surface area (Å²) in [4.78, 5) is 43.6. The van der Waals surface area contributed by atoms with Crippen LogP contribution >= 0.6 is 0 Å². The van der Waals surface area contributed by atoms with Crippen molar-refractivity contribution in [3.63, 3.8) is 0 Å². The molecular formula is C50H50F4N10O6. The number of fused-ring (bicyclic) bond motifs is 6. The van der Waals surface area contributed by atoms with E-state index in [2.05, 4.69) is 30.6 Å². The van der Waals surface area contributed by atoms with Crippen LogP contribution < -0.4 is 31.2 Å². The standard InChI is InChI=1S/2C25H25F2N5O3/c2*1-34-12-4-10-28-25-29-14-17(15-30-25)16-7-8-19-21(13-16)32-20(9-11-31(32)23(19)33)18-5-2-3-6-22(18)35-24(26)27/h2*2-3,5-8,13-15,20,24H,4,9-12H2,1H3,(H,28,29,30)/t20-;/m0./s1. The lowest BCUT2D eigenvalue weighted by atomic mass is 10.0. The molecule has 6 heterocycles.